The van der Waals surface area contributed by atoms with E-state index < -0.39 is 0 Å². The van der Waals surface area contributed by atoms with Crippen molar-refractivity contribution in [2.75, 3.05) is 0 Å². The largest absolute Gasteiger partial charge is 0.300 e. The van der Waals surface area contributed by atoms with Gasteiger partial charge in [-0.25, -0.2) is 0 Å². The van der Waals surface area contributed by atoms with Crippen LogP contribution in [0.5, 0.6) is 0 Å². The molecule has 0 unspecified atom stereocenters. The first-order valence-corrected chi connectivity index (χ1v) is 6.82. The lowest BCUT2D eigenvalue weighted by molar-refractivity contribution is -0.120. The van der Waals surface area contributed by atoms with Crippen molar-refractivity contribution in [3.63, 3.8) is 0 Å². The predicted octanol–water partition coefficient (Wildman–Crippen LogP) is 4.31. The second kappa shape index (κ2) is 8.43. The zero-order valence-electron chi connectivity index (χ0n) is 12.0. The van der Waals surface area contributed by atoms with E-state index in [1.807, 2.05) is 0 Å². The average Bonchev–Trinajstić information content (AvgIpc) is 2.19. The lowest BCUT2D eigenvalue weighted by Gasteiger charge is -2.16. The van der Waals surface area contributed by atoms with Gasteiger partial charge in [-0.3, -0.25) is 4.79 Å². The van der Waals surface area contributed by atoms with Crippen LogP contribution in [0.2, 0.25) is 0 Å². The van der Waals surface area contributed by atoms with Crippen molar-refractivity contribution in [1.82, 2.24) is 0 Å². The Bertz CT molecular complexity index is 236. The van der Waals surface area contributed by atoms with Crippen LogP contribution in [0.25, 0.3) is 0 Å². The molecule has 0 N–H and O–H groups in total. The number of hydrogen-bond acceptors (Lipinski definition) is 2. The Kier molecular flexibility index (Phi) is 8.11. The first-order valence-electron chi connectivity index (χ1n) is 6.82. The minimum Gasteiger partial charge on any atom is -0.300 e. The van der Waals surface area contributed by atoms with E-state index in [1.165, 1.54) is 0 Å². The van der Waals surface area contributed by atoms with E-state index in [2.05, 4.69) is 20.8 Å². The van der Waals surface area contributed by atoms with E-state index in [-0.39, 0.29) is 11.2 Å². The normalized spacial score (nSPS) is 11.5. The molecule has 0 aliphatic heterocycles. The van der Waals surface area contributed by atoms with Gasteiger partial charge in [-0.15, -0.1) is 0 Å². The fourth-order valence-corrected chi connectivity index (χ4v) is 1.69. The topological polar surface area (TPSA) is 34.1 Å². The standard InChI is InChI=1S/C15H28O2/c1-13(16)9-7-5-6-8-10-14(17)11-12-15(2,3)4/h5-12H2,1-4H3. The molecular weight excluding hydrogens is 212 g/mol. The van der Waals surface area contributed by atoms with E-state index in [4.69, 9.17) is 0 Å². The number of hydrogen-bond donors (Lipinski definition) is 0. The summed E-state index contributed by atoms with van der Waals surface area (Å²) in [7, 11) is 0. The van der Waals surface area contributed by atoms with Crippen molar-refractivity contribution in [2.45, 2.75) is 79.1 Å². The van der Waals surface area contributed by atoms with Gasteiger partial charge in [0.2, 0.25) is 0 Å². The first kappa shape index (κ1) is 16.3. The summed E-state index contributed by atoms with van der Waals surface area (Å²) in [6.07, 6.45) is 7.23. The minimum absolute atomic E-state index is 0.261. The highest BCUT2D eigenvalue weighted by atomic mass is 16.1. The number of carbonyl (C=O) groups is 2. The van der Waals surface area contributed by atoms with Gasteiger partial charge in [0.1, 0.15) is 11.6 Å². The van der Waals surface area contributed by atoms with E-state index in [1.54, 1.807) is 6.92 Å². The molecule has 0 spiro atoms. The lowest BCUT2D eigenvalue weighted by Crippen LogP contribution is -2.08. The number of rotatable bonds is 9. The average molecular weight is 240 g/mol. The molecule has 17 heavy (non-hydrogen) atoms. The zero-order chi connectivity index (χ0) is 13.3. The first-order chi connectivity index (χ1) is 7.81. The maximum Gasteiger partial charge on any atom is 0.132 e. The molecular formula is C15H28O2. The van der Waals surface area contributed by atoms with Gasteiger partial charge < -0.3 is 4.79 Å². The Morgan fingerprint density at radius 2 is 1.35 bits per heavy atom. The molecule has 2 nitrogen and oxygen atoms in total. The fraction of sp³-hybridized carbons (Fsp3) is 0.867. The van der Waals surface area contributed by atoms with Crippen LogP contribution in [0, 0.1) is 5.41 Å². The summed E-state index contributed by atoms with van der Waals surface area (Å²) in [4.78, 5) is 22.3. The maximum atomic E-state index is 11.6. The number of ketones is 2. The number of Topliss-reactive ketones (excluding diaryl/α,β-unsaturated/α-hetero) is 2. The van der Waals surface area contributed by atoms with Crippen molar-refractivity contribution in [1.29, 1.82) is 0 Å². The molecule has 0 radical (unpaired) electrons. The van der Waals surface area contributed by atoms with E-state index in [0.29, 0.717) is 12.2 Å². The van der Waals surface area contributed by atoms with Crippen LogP contribution in [-0.2, 0) is 9.59 Å². The van der Waals surface area contributed by atoms with Crippen LogP contribution in [0.4, 0.5) is 0 Å². The zero-order valence-corrected chi connectivity index (χ0v) is 12.0. The maximum absolute atomic E-state index is 11.6. The highest BCUT2D eigenvalue weighted by molar-refractivity contribution is 5.78. The minimum atomic E-state index is 0.261. The van der Waals surface area contributed by atoms with Crippen LogP contribution >= 0.6 is 0 Å². The SMILES string of the molecule is CC(=O)CCCCCCC(=O)CCC(C)(C)C. The summed E-state index contributed by atoms with van der Waals surface area (Å²) >= 11 is 0. The predicted molar refractivity (Wildman–Crippen MR) is 72.1 cm³/mol. The highest BCUT2D eigenvalue weighted by Gasteiger charge is 2.12. The highest BCUT2D eigenvalue weighted by Crippen LogP contribution is 2.21. The molecule has 0 aromatic carbocycles. The van der Waals surface area contributed by atoms with Gasteiger partial charge in [0.05, 0.1) is 0 Å². The Balaban J connectivity index is 3.37. The molecule has 2 heteroatoms. The second-order valence-corrected chi connectivity index (χ2v) is 6.22. The molecule has 0 aliphatic rings. The molecule has 0 rings (SSSR count). The lowest BCUT2D eigenvalue weighted by atomic mass is 9.89. The molecule has 0 saturated carbocycles. The van der Waals surface area contributed by atoms with Crippen molar-refractivity contribution < 1.29 is 9.59 Å². The Hall–Kier alpha value is -0.660. The van der Waals surface area contributed by atoms with Crippen LogP contribution in [0.15, 0.2) is 0 Å². The van der Waals surface area contributed by atoms with Gasteiger partial charge in [-0.1, -0.05) is 33.6 Å². The van der Waals surface area contributed by atoms with Gasteiger partial charge in [-0.05, 0) is 31.6 Å². The van der Waals surface area contributed by atoms with Crippen LogP contribution in [0.3, 0.4) is 0 Å². The summed E-state index contributed by atoms with van der Waals surface area (Å²) < 4.78 is 0. The molecule has 0 aromatic heterocycles. The molecule has 0 amide bonds. The molecule has 0 aromatic rings. The number of unbranched alkanes of at least 4 members (excludes halogenated alkanes) is 3. The van der Waals surface area contributed by atoms with Gasteiger partial charge in [0.15, 0.2) is 0 Å². The third kappa shape index (κ3) is 13.3. The Labute approximate surface area is 106 Å². The molecule has 0 bridgehead atoms. The molecule has 0 fully saturated rings. The molecule has 0 saturated heterocycles. The van der Waals surface area contributed by atoms with E-state index >= 15 is 0 Å². The fourth-order valence-electron chi connectivity index (χ4n) is 1.69. The Morgan fingerprint density at radius 1 is 0.824 bits per heavy atom. The Morgan fingerprint density at radius 3 is 1.82 bits per heavy atom. The van der Waals surface area contributed by atoms with Crippen molar-refractivity contribution in [3.8, 4) is 0 Å². The summed E-state index contributed by atoms with van der Waals surface area (Å²) in [6.45, 7) is 8.14. The van der Waals surface area contributed by atoms with Crippen LogP contribution < -0.4 is 0 Å². The summed E-state index contributed by atoms with van der Waals surface area (Å²) in [5, 5.41) is 0. The number of carbonyl (C=O) groups excluding carboxylic acids is 2. The summed E-state index contributed by atoms with van der Waals surface area (Å²) in [5.41, 5.74) is 0.261. The third-order valence-corrected chi connectivity index (χ3v) is 2.89. The van der Waals surface area contributed by atoms with Gasteiger partial charge >= 0.3 is 0 Å². The van der Waals surface area contributed by atoms with Gasteiger partial charge in [-0.2, -0.15) is 0 Å². The molecule has 100 valence electrons. The summed E-state index contributed by atoms with van der Waals surface area (Å²) in [6, 6.07) is 0. The summed E-state index contributed by atoms with van der Waals surface area (Å²) in [5.74, 6) is 0.665. The monoisotopic (exact) mass is 240 g/mol. The van der Waals surface area contributed by atoms with Crippen molar-refractivity contribution >= 4 is 11.6 Å². The second-order valence-electron chi connectivity index (χ2n) is 6.22. The third-order valence-electron chi connectivity index (χ3n) is 2.89. The van der Waals surface area contributed by atoms with Crippen molar-refractivity contribution in [2.24, 2.45) is 5.41 Å². The van der Waals surface area contributed by atoms with Crippen LogP contribution in [-0.4, -0.2) is 11.6 Å². The van der Waals surface area contributed by atoms with Gasteiger partial charge in [0.25, 0.3) is 0 Å². The van der Waals surface area contributed by atoms with Gasteiger partial charge in [0, 0.05) is 19.3 Å². The molecule has 0 aliphatic carbocycles. The smallest absolute Gasteiger partial charge is 0.132 e. The van der Waals surface area contributed by atoms with Crippen LogP contribution in [0.1, 0.15) is 79.1 Å². The quantitative estimate of drug-likeness (QED) is 0.563. The van der Waals surface area contributed by atoms with E-state index in [9.17, 15) is 9.59 Å². The van der Waals surface area contributed by atoms with E-state index in [0.717, 1.165) is 44.9 Å². The van der Waals surface area contributed by atoms with Crippen molar-refractivity contribution in [3.05, 3.63) is 0 Å². The molecule has 0 atom stereocenters. The molecule has 0 heterocycles.